The van der Waals surface area contributed by atoms with Crippen LogP contribution in [-0.2, 0) is 0 Å². The number of carbonyl (C=O) groups is 1. The summed E-state index contributed by atoms with van der Waals surface area (Å²) >= 11 is 1.48. The number of aromatic nitrogens is 1. The molecule has 0 saturated carbocycles. The van der Waals surface area contributed by atoms with E-state index < -0.39 is 0 Å². The molecule has 0 aromatic carbocycles. The Morgan fingerprint density at radius 2 is 2.00 bits per heavy atom. The summed E-state index contributed by atoms with van der Waals surface area (Å²) < 4.78 is 0. The second-order valence-corrected chi connectivity index (χ2v) is 4.90. The van der Waals surface area contributed by atoms with E-state index in [4.69, 9.17) is 0 Å². The summed E-state index contributed by atoms with van der Waals surface area (Å²) in [5.74, 6) is -0.0950. The van der Waals surface area contributed by atoms with E-state index in [9.17, 15) is 4.79 Å². The Hall–Kier alpha value is -1.88. The first-order valence-corrected chi connectivity index (χ1v) is 5.99. The van der Waals surface area contributed by atoms with Crippen LogP contribution >= 0.6 is 11.3 Å². The highest BCUT2D eigenvalue weighted by molar-refractivity contribution is 7.13. The van der Waals surface area contributed by atoms with E-state index in [1.54, 1.807) is 24.5 Å². The number of hydrazine groups is 1. The fraction of sp³-hybridized carbons (Fsp3) is 0.167. The van der Waals surface area contributed by atoms with E-state index in [2.05, 4.69) is 10.4 Å². The molecule has 0 unspecified atom stereocenters. The standard InChI is InChI=1S/C12H13N3OS/c1-9-3-4-11(17-9)12(16)14-15(2)10-5-7-13-8-6-10/h3-8H,1-2H3,(H,14,16). The Bertz CT molecular complexity index is 509. The van der Waals surface area contributed by atoms with Crippen LogP contribution in [0.25, 0.3) is 0 Å². The quantitative estimate of drug-likeness (QED) is 0.846. The van der Waals surface area contributed by atoms with Crippen LogP contribution in [0.1, 0.15) is 14.5 Å². The first-order chi connectivity index (χ1) is 8.16. The van der Waals surface area contributed by atoms with E-state index >= 15 is 0 Å². The number of nitrogens with one attached hydrogen (secondary N) is 1. The summed E-state index contributed by atoms with van der Waals surface area (Å²) in [5, 5.41) is 1.68. The van der Waals surface area contributed by atoms with Crippen molar-refractivity contribution in [3.63, 3.8) is 0 Å². The van der Waals surface area contributed by atoms with Crippen molar-refractivity contribution in [2.75, 3.05) is 12.1 Å². The SMILES string of the molecule is Cc1ccc(C(=O)NN(C)c2ccncc2)s1. The maximum atomic E-state index is 11.9. The lowest BCUT2D eigenvalue weighted by atomic mass is 10.4. The molecule has 2 aromatic rings. The van der Waals surface area contributed by atoms with E-state index in [0.29, 0.717) is 4.88 Å². The Balaban J connectivity index is 2.04. The van der Waals surface area contributed by atoms with Crippen LogP contribution in [0.5, 0.6) is 0 Å². The lowest BCUT2D eigenvalue weighted by Crippen LogP contribution is -2.38. The summed E-state index contributed by atoms with van der Waals surface area (Å²) in [6, 6.07) is 7.43. The van der Waals surface area contributed by atoms with Crippen LogP contribution in [0, 0.1) is 6.92 Å². The molecular formula is C12H13N3OS. The molecule has 0 spiro atoms. The predicted octanol–water partition coefficient (Wildman–Crippen LogP) is 2.23. The van der Waals surface area contributed by atoms with Crippen molar-refractivity contribution in [3.8, 4) is 0 Å². The Morgan fingerprint density at radius 1 is 1.29 bits per heavy atom. The van der Waals surface area contributed by atoms with E-state index in [0.717, 1.165) is 10.6 Å². The molecule has 5 heteroatoms. The van der Waals surface area contributed by atoms with Gasteiger partial charge in [0.15, 0.2) is 0 Å². The number of pyridine rings is 1. The van der Waals surface area contributed by atoms with Gasteiger partial charge >= 0.3 is 0 Å². The second-order valence-electron chi connectivity index (χ2n) is 3.62. The molecule has 0 radical (unpaired) electrons. The highest BCUT2D eigenvalue weighted by Gasteiger charge is 2.10. The Kier molecular flexibility index (Phi) is 3.39. The topological polar surface area (TPSA) is 45.2 Å². The monoisotopic (exact) mass is 247 g/mol. The van der Waals surface area contributed by atoms with E-state index in [1.807, 2.05) is 31.2 Å². The van der Waals surface area contributed by atoms with E-state index in [-0.39, 0.29) is 5.91 Å². The van der Waals surface area contributed by atoms with Crippen LogP contribution in [0.15, 0.2) is 36.7 Å². The number of anilines is 1. The molecule has 0 aliphatic rings. The third-order valence-electron chi connectivity index (χ3n) is 2.28. The molecule has 2 heterocycles. The third-order valence-corrected chi connectivity index (χ3v) is 3.28. The summed E-state index contributed by atoms with van der Waals surface area (Å²) in [6.07, 6.45) is 3.38. The first-order valence-electron chi connectivity index (χ1n) is 5.18. The van der Waals surface area contributed by atoms with Crippen molar-refractivity contribution < 1.29 is 4.79 Å². The molecule has 0 saturated heterocycles. The highest BCUT2D eigenvalue weighted by Crippen LogP contribution is 2.15. The summed E-state index contributed by atoms with van der Waals surface area (Å²) in [4.78, 5) is 17.7. The summed E-state index contributed by atoms with van der Waals surface area (Å²) in [5.41, 5.74) is 3.69. The maximum Gasteiger partial charge on any atom is 0.279 e. The van der Waals surface area contributed by atoms with Gasteiger partial charge in [0.1, 0.15) is 0 Å². The normalized spacial score (nSPS) is 10.0. The number of thiophene rings is 1. The number of rotatable bonds is 3. The maximum absolute atomic E-state index is 11.9. The van der Waals surface area contributed by atoms with Crippen molar-refractivity contribution in [1.29, 1.82) is 0 Å². The van der Waals surface area contributed by atoms with Crippen molar-refractivity contribution >= 4 is 22.9 Å². The van der Waals surface area contributed by atoms with Gasteiger partial charge < -0.3 is 0 Å². The third kappa shape index (κ3) is 2.82. The minimum Gasteiger partial charge on any atom is -0.288 e. The van der Waals surface area contributed by atoms with Crippen molar-refractivity contribution in [2.45, 2.75) is 6.92 Å². The molecule has 88 valence electrons. The number of carbonyl (C=O) groups excluding carboxylic acids is 1. The van der Waals surface area contributed by atoms with Crippen molar-refractivity contribution in [3.05, 3.63) is 46.4 Å². The molecule has 17 heavy (non-hydrogen) atoms. The van der Waals surface area contributed by atoms with Gasteiger partial charge in [-0.2, -0.15) is 0 Å². The van der Waals surface area contributed by atoms with Gasteiger partial charge in [0.2, 0.25) is 0 Å². The predicted molar refractivity (Wildman–Crippen MR) is 69.2 cm³/mol. The zero-order valence-corrected chi connectivity index (χ0v) is 10.5. The molecule has 0 fully saturated rings. The fourth-order valence-electron chi connectivity index (χ4n) is 1.40. The first kappa shape index (κ1) is 11.6. The van der Waals surface area contributed by atoms with Gasteiger partial charge in [-0.25, -0.2) is 0 Å². The molecule has 2 rings (SSSR count). The molecule has 1 N–H and O–H groups in total. The fourth-order valence-corrected chi connectivity index (χ4v) is 2.15. The van der Waals surface area contributed by atoms with Crippen LogP contribution in [0.3, 0.4) is 0 Å². The molecule has 0 atom stereocenters. The largest absolute Gasteiger partial charge is 0.288 e. The van der Waals surface area contributed by atoms with Crippen LogP contribution in [0.4, 0.5) is 5.69 Å². The van der Waals surface area contributed by atoms with Gasteiger partial charge in [-0.1, -0.05) is 0 Å². The molecule has 4 nitrogen and oxygen atoms in total. The van der Waals surface area contributed by atoms with Gasteiger partial charge in [-0.15, -0.1) is 11.3 Å². The van der Waals surface area contributed by atoms with Crippen LogP contribution in [-0.4, -0.2) is 17.9 Å². The Morgan fingerprint density at radius 3 is 2.59 bits per heavy atom. The van der Waals surface area contributed by atoms with Gasteiger partial charge in [0.25, 0.3) is 5.91 Å². The number of hydrogen-bond acceptors (Lipinski definition) is 4. The zero-order chi connectivity index (χ0) is 12.3. The zero-order valence-electron chi connectivity index (χ0n) is 9.68. The van der Waals surface area contributed by atoms with Gasteiger partial charge in [-0.05, 0) is 31.2 Å². The Labute approximate surface area is 104 Å². The molecule has 0 bridgehead atoms. The minimum atomic E-state index is -0.0950. The van der Waals surface area contributed by atoms with Crippen LogP contribution in [0.2, 0.25) is 0 Å². The summed E-state index contributed by atoms with van der Waals surface area (Å²) in [7, 11) is 1.80. The lowest BCUT2D eigenvalue weighted by molar-refractivity contribution is 0.0955. The van der Waals surface area contributed by atoms with E-state index in [1.165, 1.54) is 11.3 Å². The molecule has 0 aliphatic heterocycles. The number of nitrogens with zero attached hydrogens (tertiary/aromatic N) is 2. The number of aryl methyl sites for hydroxylation is 1. The number of hydrogen-bond donors (Lipinski definition) is 1. The van der Waals surface area contributed by atoms with Crippen molar-refractivity contribution in [2.24, 2.45) is 0 Å². The molecular weight excluding hydrogens is 234 g/mol. The average Bonchev–Trinajstić information content (AvgIpc) is 2.77. The molecule has 1 amide bonds. The minimum absolute atomic E-state index is 0.0950. The molecule has 0 aliphatic carbocycles. The lowest BCUT2D eigenvalue weighted by Gasteiger charge is -2.19. The van der Waals surface area contributed by atoms with Gasteiger partial charge in [0.05, 0.1) is 10.6 Å². The number of amides is 1. The average molecular weight is 247 g/mol. The summed E-state index contributed by atoms with van der Waals surface area (Å²) in [6.45, 7) is 1.98. The van der Waals surface area contributed by atoms with Gasteiger partial charge in [-0.3, -0.25) is 20.2 Å². The molecule has 2 aromatic heterocycles. The van der Waals surface area contributed by atoms with Crippen LogP contribution < -0.4 is 10.4 Å². The smallest absolute Gasteiger partial charge is 0.279 e. The van der Waals surface area contributed by atoms with Crippen molar-refractivity contribution in [1.82, 2.24) is 10.4 Å². The highest BCUT2D eigenvalue weighted by atomic mass is 32.1. The second kappa shape index (κ2) is 4.97. The van der Waals surface area contributed by atoms with Gasteiger partial charge in [0, 0.05) is 24.3 Å².